The fourth-order valence-corrected chi connectivity index (χ4v) is 1.59. The third-order valence-electron chi connectivity index (χ3n) is 2.10. The molecule has 1 saturated heterocycles. The second kappa shape index (κ2) is 3.32. The maximum Gasteiger partial charge on any atom is 0.163 e. The summed E-state index contributed by atoms with van der Waals surface area (Å²) in [4.78, 5) is 0. The van der Waals surface area contributed by atoms with Crippen molar-refractivity contribution in [3.05, 3.63) is 0 Å². The van der Waals surface area contributed by atoms with Crippen LogP contribution in [0, 0.1) is 0 Å². The van der Waals surface area contributed by atoms with E-state index in [4.69, 9.17) is 9.47 Å². The van der Waals surface area contributed by atoms with Gasteiger partial charge < -0.3 is 14.6 Å². The molecule has 0 aromatic carbocycles. The molecule has 0 aromatic rings. The highest BCUT2D eigenvalue weighted by atomic mass is 16.8. The predicted octanol–water partition coefficient (Wildman–Crippen LogP) is 1.30. The first kappa shape index (κ1) is 9.96. The van der Waals surface area contributed by atoms with Crippen molar-refractivity contribution in [2.75, 3.05) is 0 Å². The summed E-state index contributed by atoms with van der Waals surface area (Å²) >= 11 is 0. The minimum absolute atomic E-state index is 0.0278. The number of hydrogen-bond acceptors (Lipinski definition) is 3. The molecule has 1 N–H and O–H groups in total. The van der Waals surface area contributed by atoms with Gasteiger partial charge in [-0.25, -0.2) is 0 Å². The van der Waals surface area contributed by atoms with Gasteiger partial charge >= 0.3 is 0 Å². The predicted molar refractivity (Wildman–Crippen MR) is 45.8 cm³/mol. The van der Waals surface area contributed by atoms with Crippen LogP contribution in [0.3, 0.4) is 0 Å². The molecule has 12 heavy (non-hydrogen) atoms. The van der Waals surface area contributed by atoms with Gasteiger partial charge in [0.25, 0.3) is 0 Å². The van der Waals surface area contributed by atoms with Crippen molar-refractivity contribution in [3.63, 3.8) is 0 Å². The summed E-state index contributed by atoms with van der Waals surface area (Å²) < 4.78 is 11.1. The Morgan fingerprint density at radius 3 is 2.33 bits per heavy atom. The molecule has 0 bridgehead atoms. The molecule has 3 nitrogen and oxygen atoms in total. The third kappa shape index (κ3) is 1.97. The van der Waals surface area contributed by atoms with Crippen molar-refractivity contribution in [2.45, 2.75) is 58.2 Å². The first-order chi connectivity index (χ1) is 5.46. The second-order valence-electron chi connectivity index (χ2n) is 3.79. The molecule has 1 aliphatic rings. The summed E-state index contributed by atoms with van der Waals surface area (Å²) in [7, 11) is 0. The standard InChI is InChI=1S/C9H18O3/c1-5-7-8(6(2)10)12-9(3,4)11-7/h6-8,10H,5H2,1-4H3/t6?,7?,8-/m1/s1. The van der Waals surface area contributed by atoms with Gasteiger partial charge in [0.05, 0.1) is 12.2 Å². The van der Waals surface area contributed by atoms with Crippen LogP contribution in [0.5, 0.6) is 0 Å². The molecule has 1 rings (SSSR count). The molecule has 0 radical (unpaired) electrons. The maximum atomic E-state index is 9.38. The Bertz CT molecular complexity index is 154. The van der Waals surface area contributed by atoms with E-state index in [9.17, 15) is 5.11 Å². The van der Waals surface area contributed by atoms with Crippen molar-refractivity contribution in [1.29, 1.82) is 0 Å². The highest BCUT2D eigenvalue weighted by Gasteiger charge is 2.42. The van der Waals surface area contributed by atoms with Gasteiger partial charge in [-0.1, -0.05) is 6.92 Å². The van der Waals surface area contributed by atoms with Gasteiger partial charge in [0.15, 0.2) is 5.79 Å². The Morgan fingerprint density at radius 2 is 2.00 bits per heavy atom. The van der Waals surface area contributed by atoms with Gasteiger partial charge in [-0.3, -0.25) is 0 Å². The van der Waals surface area contributed by atoms with E-state index in [1.165, 1.54) is 0 Å². The zero-order valence-corrected chi connectivity index (χ0v) is 8.20. The van der Waals surface area contributed by atoms with E-state index in [0.29, 0.717) is 0 Å². The number of rotatable bonds is 2. The van der Waals surface area contributed by atoms with Crippen LogP contribution >= 0.6 is 0 Å². The lowest BCUT2D eigenvalue weighted by molar-refractivity contribution is -0.154. The summed E-state index contributed by atoms with van der Waals surface area (Å²) in [6, 6.07) is 0. The maximum absolute atomic E-state index is 9.38. The van der Waals surface area contributed by atoms with Crippen LogP contribution in [0.25, 0.3) is 0 Å². The molecular formula is C9H18O3. The van der Waals surface area contributed by atoms with Crippen molar-refractivity contribution < 1.29 is 14.6 Å². The van der Waals surface area contributed by atoms with Crippen molar-refractivity contribution in [2.24, 2.45) is 0 Å². The van der Waals surface area contributed by atoms with Crippen LogP contribution in [0.1, 0.15) is 34.1 Å². The van der Waals surface area contributed by atoms with Crippen molar-refractivity contribution in [3.8, 4) is 0 Å². The van der Waals surface area contributed by atoms with E-state index in [2.05, 4.69) is 0 Å². The fourth-order valence-electron chi connectivity index (χ4n) is 1.59. The van der Waals surface area contributed by atoms with E-state index in [-0.39, 0.29) is 12.2 Å². The van der Waals surface area contributed by atoms with Crippen molar-refractivity contribution >= 4 is 0 Å². The van der Waals surface area contributed by atoms with E-state index in [1.54, 1.807) is 6.92 Å². The molecule has 0 aliphatic carbocycles. The minimum atomic E-state index is -0.539. The van der Waals surface area contributed by atoms with Crippen LogP contribution < -0.4 is 0 Å². The zero-order valence-electron chi connectivity index (χ0n) is 8.20. The summed E-state index contributed by atoms with van der Waals surface area (Å²) in [5.74, 6) is -0.539. The van der Waals surface area contributed by atoms with Gasteiger partial charge in [0, 0.05) is 0 Å². The minimum Gasteiger partial charge on any atom is -0.391 e. The largest absolute Gasteiger partial charge is 0.391 e. The van der Waals surface area contributed by atoms with Gasteiger partial charge in [-0.2, -0.15) is 0 Å². The van der Waals surface area contributed by atoms with Gasteiger partial charge in [0.2, 0.25) is 0 Å². The van der Waals surface area contributed by atoms with Crippen LogP contribution in [-0.4, -0.2) is 29.2 Å². The second-order valence-corrected chi connectivity index (χ2v) is 3.79. The number of aliphatic hydroxyl groups is 1. The first-order valence-electron chi connectivity index (χ1n) is 4.50. The third-order valence-corrected chi connectivity index (χ3v) is 2.10. The van der Waals surface area contributed by atoms with Gasteiger partial charge in [0.1, 0.15) is 6.10 Å². The zero-order chi connectivity index (χ0) is 9.35. The Morgan fingerprint density at radius 1 is 1.42 bits per heavy atom. The number of hydrogen-bond donors (Lipinski definition) is 1. The summed E-state index contributed by atoms with van der Waals surface area (Å²) in [5.41, 5.74) is 0. The molecular weight excluding hydrogens is 156 g/mol. The lowest BCUT2D eigenvalue weighted by atomic mass is 10.1. The molecule has 0 amide bonds. The molecule has 3 atom stereocenters. The molecule has 0 spiro atoms. The number of aliphatic hydroxyl groups excluding tert-OH is 1. The van der Waals surface area contributed by atoms with Gasteiger partial charge in [-0.15, -0.1) is 0 Å². The molecule has 0 aromatic heterocycles. The molecule has 2 unspecified atom stereocenters. The lowest BCUT2D eigenvalue weighted by Crippen LogP contribution is -2.32. The molecule has 1 heterocycles. The summed E-state index contributed by atoms with van der Waals surface area (Å²) in [5, 5.41) is 9.38. The molecule has 1 aliphatic heterocycles. The van der Waals surface area contributed by atoms with E-state index < -0.39 is 11.9 Å². The van der Waals surface area contributed by atoms with E-state index in [1.807, 2.05) is 20.8 Å². The highest BCUT2D eigenvalue weighted by Crippen LogP contribution is 2.31. The van der Waals surface area contributed by atoms with E-state index >= 15 is 0 Å². The topological polar surface area (TPSA) is 38.7 Å². The highest BCUT2D eigenvalue weighted by molar-refractivity contribution is 4.83. The molecule has 72 valence electrons. The fraction of sp³-hybridized carbons (Fsp3) is 1.00. The Labute approximate surface area is 73.7 Å². The monoisotopic (exact) mass is 174 g/mol. The molecule has 1 fully saturated rings. The average Bonchev–Trinajstić information content (AvgIpc) is 2.25. The summed E-state index contributed by atoms with van der Waals surface area (Å²) in [6.45, 7) is 7.51. The summed E-state index contributed by atoms with van der Waals surface area (Å²) in [6.07, 6.45) is 0.264. The Hall–Kier alpha value is -0.120. The average molecular weight is 174 g/mol. The number of ether oxygens (including phenoxy) is 2. The van der Waals surface area contributed by atoms with Crippen LogP contribution in [0.2, 0.25) is 0 Å². The van der Waals surface area contributed by atoms with Crippen molar-refractivity contribution in [1.82, 2.24) is 0 Å². The van der Waals surface area contributed by atoms with Crippen LogP contribution in [0.15, 0.2) is 0 Å². The Kier molecular flexibility index (Phi) is 2.76. The van der Waals surface area contributed by atoms with E-state index in [0.717, 1.165) is 6.42 Å². The van der Waals surface area contributed by atoms with Crippen LogP contribution in [0.4, 0.5) is 0 Å². The lowest BCUT2D eigenvalue weighted by Gasteiger charge is -2.18. The molecule has 0 saturated carbocycles. The smallest absolute Gasteiger partial charge is 0.163 e. The molecule has 3 heteroatoms. The van der Waals surface area contributed by atoms with Gasteiger partial charge in [-0.05, 0) is 27.2 Å². The quantitative estimate of drug-likeness (QED) is 0.685. The SMILES string of the molecule is CCC1OC(C)(C)O[C@@H]1C(C)O. The Balaban J connectivity index is 2.63. The normalized spacial score (nSPS) is 36.8. The van der Waals surface area contributed by atoms with Crippen LogP contribution in [-0.2, 0) is 9.47 Å². The first-order valence-corrected chi connectivity index (χ1v) is 4.50.